The minimum absolute atomic E-state index is 0.533. The molecule has 14 heavy (non-hydrogen) atoms. The van der Waals surface area contributed by atoms with Crippen LogP contribution in [-0.4, -0.2) is 4.98 Å². The molecule has 3 nitrogen and oxygen atoms in total. The van der Waals surface area contributed by atoms with Crippen LogP contribution in [0.3, 0.4) is 0 Å². The molecule has 0 aliphatic heterocycles. The van der Waals surface area contributed by atoms with Crippen molar-refractivity contribution in [3.63, 3.8) is 0 Å². The summed E-state index contributed by atoms with van der Waals surface area (Å²) in [6.07, 6.45) is 0. The van der Waals surface area contributed by atoms with Crippen LogP contribution in [0.2, 0.25) is 0 Å². The van der Waals surface area contributed by atoms with Crippen molar-refractivity contribution in [1.29, 1.82) is 0 Å². The van der Waals surface area contributed by atoms with Gasteiger partial charge in [-0.2, -0.15) is 0 Å². The number of hydrogen-bond donors (Lipinski definition) is 2. The molecule has 0 saturated heterocycles. The summed E-state index contributed by atoms with van der Waals surface area (Å²) in [4.78, 5) is 4.41. The van der Waals surface area contributed by atoms with Gasteiger partial charge in [0.2, 0.25) is 0 Å². The van der Waals surface area contributed by atoms with Gasteiger partial charge in [0.25, 0.3) is 0 Å². The van der Waals surface area contributed by atoms with E-state index < -0.39 is 0 Å². The first-order valence-corrected chi connectivity index (χ1v) is 4.56. The lowest BCUT2D eigenvalue weighted by atomic mass is 10.1. The van der Waals surface area contributed by atoms with E-state index in [4.69, 9.17) is 11.5 Å². The lowest BCUT2D eigenvalue weighted by molar-refractivity contribution is 1.07. The molecule has 2 aromatic rings. The zero-order valence-corrected chi connectivity index (χ0v) is 8.12. The Morgan fingerprint density at radius 2 is 2.07 bits per heavy atom. The molecule has 0 fully saturated rings. The fourth-order valence-corrected chi connectivity index (χ4v) is 1.57. The summed E-state index contributed by atoms with van der Waals surface area (Å²) >= 11 is 0. The lowest BCUT2D eigenvalue weighted by Crippen LogP contribution is -1.97. The van der Waals surface area contributed by atoms with Crippen LogP contribution >= 0.6 is 0 Å². The first-order valence-electron chi connectivity index (χ1n) is 4.56. The lowest BCUT2D eigenvalue weighted by Gasteiger charge is -2.04. The maximum absolute atomic E-state index is 5.88. The predicted molar refractivity (Wildman–Crippen MR) is 58.8 cm³/mol. The molecule has 0 unspecified atom stereocenters. The number of rotatable bonds is 1. The maximum atomic E-state index is 5.88. The van der Waals surface area contributed by atoms with Gasteiger partial charge in [0, 0.05) is 23.3 Å². The van der Waals surface area contributed by atoms with Gasteiger partial charge < -0.3 is 11.5 Å². The van der Waals surface area contributed by atoms with Crippen LogP contribution in [0.1, 0.15) is 11.3 Å². The van der Waals surface area contributed by atoms with E-state index in [0.717, 1.165) is 27.8 Å². The number of benzene rings is 1. The van der Waals surface area contributed by atoms with Gasteiger partial charge in [-0.1, -0.05) is 12.1 Å². The van der Waals surface area contributed by atoms with Crippen LogP contribution in [0, 0.1) is 6.92 Å². The number of nitrogens with two attached hydrogens (primary N) is 2. The fraction of sp³-hybridized carbons (Fsp3) is 0.182. The van der Waals surface area contributed by atoms with Crippen LogP contribution in [-0.2, 0) is 6.54 Å². The number of aromatic nitrogens is 1. The largest absolute Gasteiger partial charge is 0.398 e. The Balaban J connectivity index is 2.75. The average Bonchev–Trinajstić information content (AvgIpc) is 2.16. The van der Waals surface area contributed by atoms with Gasteiger partial charge in [-0.3, -0.25) is 4.98 Å². The van der Waals surface area contributed by atoms with Crippen molar-refractivity contribution in [3.05, 3.63) is 35.5 Å². The molecule has 0 atom stereocenters. The van der Waals surface area contributed by atoms with Gasteiger partial charge in [0.1, 0.15) is 0 Å². The summed E-state index contributed by atoms with van der Waals surface area (Å²) in [6.45, 7) is 2.47. The molecule has 1 aromatic carbocycles. The second-order valence-corrected chi connectivity index (χ2v) is 3.41. The van der Waals surface area contributed by atoms with E-state index in [9.17, 15) is 0 Å². The molecule has 0 amide bonds. The highest BCUT2D eigenvalue weighted by Crippen LogP contribution is 2.21. The van der Waals surface area contributed by atoms with Crippen LogP contribution in [0.25, 0.3) is 10.9 Å². The van der Waals surface area contributed by atoms with Crippen molar-refractivity contribution in [3.8, 4) is 0 Å². The van der Waals surface area contributed by atoms with E-state index in [1.165, 1.54) is 0 Å². The second-order valence-electron chi connectivity index (χ2n) is 3.41. The summed E-state index contributed by atoms with van der Waals surface area (Å²) < 4.78 is 0. The molecule has 2 rings (SSSR count). The molecule has 0 saturated carbocycles. The highest BCUT2D eigenvalue weighted by atomic mass is 14.7. The number of nitrogen functional groups attached to an aromatic ring is 1. The molecule has 0 spiro atoms. The van der Waals surface area contributed by atoms with Crippen LogP contribution in [0.5, 0.6) is 0 Å². The molecule has 0 aliphatic carbocycles. The minimum Gasteiger partial charge on any atom is -0.398 e. The Hall–Kier alpha value is -1.61. The molecule has 0 bridgehead atoms. The van der Waals surface area contributed by atoms with E-state index >= 15 is 0 Å². The molecule has 0 aliphatic rings. The van der Waals surface area contributed by atoms with Crippen molar-refractivity contribution in [2.45, 2.75) is 13.5 Å². The smallest absolute Gasteiger partial charge is 0.0729 e. The summed E-state index contributed by atoms with van der Waals surface area (Å²) in [5.41, 5.74) is 15.1. The van der Waals surface area contributed by atoms with Gasteiger partial charge in [0.15, 0.2) is 0 Å². The monoisotopic (exact) mass is 187 g/mol. The Morgan fingerprint density at radius 3 is 2.79 bits per heavy atom. The van der Waals surface area contributed by atoms with Gasteiger partial charge in [-0.05, 0) is 24.6 Å². The third-order valence-corrected chi connectivity index (χ3v) is 2.27. The topological polar surface area (TPSA) is 64.9 Å². The first-order chi connectivity index (χ1) is 6.70. The number of hydrogen-bond acceptors (Lipinski definition) is 3. The first kappa shape index (κ1) is 8.97. The van der Waals surface area contributed by atoms with Gasteiger partial charge in [-0.25, -0.2) is 0 Å². The predicted octanol–water partition coefficient (Wildman–Crippen LogP) is 1.58. The molecule has 3 heteroatoms. The maximum Gasteiger partial charge on any atom is 0.0729 e. The van der Waals surface area contributed by atoms with Crippen molar-refractivity contribution in [2.24, 2.45) is 5.73 Å². The number of anilines is 1. The number of fused-ring (bicyclic) bond motifs is 1. The number of nitrogens with zero attached hydrogens (tertiary/aromatic N) is 1. The van der Waals surface area contributed by atoms with Gasteiger partial charge in [0.05, 0.1) is 5.52 Å². The third-order valence-electron chi connectivity index (χ3n) is 2.27. The molecule has 4 N–H and O–H groups in total. The summed E-state index contributed by atoms with van der Waals surface area (Å²) in [7, 11) is 0. The third kappa shape index (κ3) is 1.42. The zero-order valence-electron chi connectivity index (χ0n) is 8.12. The Labute approximate surface area is 82.7 Å². The van der Waals surface area contributed by atoms with Crippen LogP contribution in [0.4, 0.5) is 5.69 Å². The van der Waals surface area contributed by atoms with Crippen LogP contribution in [0.15, 0.2) is 24.3 Å². The van der Waals surface area contributed by atoms with Crippen molar-refractivity contribution in [1.82, 2.24) is 4.98 Å². The number of pyridine rings is 1. The van der Waals surface area contributed by atoms with E-state index in [0.29, 0.717) is 6.54 Å². The van der Waals surface area contributed by atoms with Crippen molar-refractivity contribution < 1.29 is 0 Å². The highest BCUT2D eigenvalue weighted by molar-refractivity contribution is 5.90. The molecular formula is C11H13N3. The Morgan fingerprint density at radius 1 is 1.29 bits per heavy atom. The summed E-state index contributed by atoms with van der Waals surface area (Å²) in [6, 6.07) is 7.82. The van der Waals surface area contributed by atoms with Gasteiger partial charge >= 0.3 is 0 Å². The molecule has 72 valence electrons. The minimum atomic E-state index is 0.533. The standard InChI is InChI=1S/C11H13N3/c1-7-4-10(13)9-3-2-8(6-12)5-11(9)14-7/h2-5H,6,12H2,1H3,(H2,13,14). The normalized spacial score (nSPS) is 10.7. The van der Waals surface area contributed by atoms with Crippen molar-refractivity contribution >= 4 is 16.6 Å². The van der Waals surface area contributed by atoms with E-state index in [1.54, 1.807) is 0 Å². The molecule has 1 heterocycles. The summed E-state index contributed by atoms with van der Waals surface area (Å²) in [5, 5.41) is 0.993. The van der Waals surface area contributed by atoms with E-state index in [2.05, 4.69) is 4.98 Å². The fourth-order valence-electron chi connectivity index (χ4n) is 1.57. The Kier molecular flexibility index (Phi) is 2.09. The quantitative estimate of drug-likeness (QED) is 0.712. The van der Waals surface area contributed by atoms with Gasteiger partial charge in [-0.15, -0.1) is 0 Å². The average molecular weight is 187 g/mol. The molecule has 0 radical (unpaired) electrons. The van der Waals surface area contributed by atoms with Crippen LogP contribution < -0.4 is 11.5 Å². The number of aryl methyl sites for hydroxylation is 1. The Bertz CT molecular complexity index is 477. The SMILES string of the molecule is Cc1cc(N)c2ccc(CN)cc2n1. The van der Waals surface area contributed by atoms with Crippen molar-refractivity contribution in [2.75, 3.05) is 5.73 Å². The molecular weight excluding hydrogens is 174 g/mol. The van der Waals surface area contributed by atoms with E-state index in [1.807, 2.05) is 31.2 Å². The highest BCUT2D eigenvalue weighted by Gasteiger charge is 2.01. The molecule has 1 aromatic heterocycles. The van der Waals surface area contributed by atoms with E-state index in [-0.39, 0.29) is 0 Å². The zero-order chi connectivity index (χ0) is 10.1. The summed E-state index contributed by atoms with van der Waals surface area (Å²) in [5.74, 6) is 0. The second kappa shape index (κ2) is 3.27.